The Bertz CT molecular complexity index is 581. The summed E-state index contributed by atoms with van der Waals surface area (Å²) in [6, 6.07) is 8.04. The molecule has 1 aromatic heterocycles. The molecule has 0 spiro atoms. The van der Waals surface area contributed by atoms with Gasteiger partial charge in [-0.2, -0.15) is 0 Å². The fourth-order valence-corrected chi connectivity index (χ4v) is 2.28. The minimum absolute atomic E-state index is 0.697. The molecule has 0 saturated heterocycles. The van der Waals surface area contributed by atoms with Gasteiger partial charge in [0.15, 0.2) is 0 Å². The first-order valence-electron chi connectivity index (χ1n) is 7.29. The molecule has 106 valence electrons. The van der Waals surface area contributed by atoms with Gasteiger partial charge in [-0.1, -0.05) is 18.2 Å². The molecule has 1 saturated carbocycles. The van der Waals surface area contributed by atoms with Crippen molar-refractivity contribution in [1.29, 1.82) is 0 Å². The van der Waals surface area contributed by atoms with Gasteiger partial charge < -0.3 is 15.8 Å². The lowest BCUT2D eigenvalue weighted by Crippen LogP contribution is -2.09. The number of pyridine rings is 1. The Kier molecular flexibility index (Phi) is 4.02. The van der Waals surface area contributed by atoms with E-state index in [1.165, 1.54) is 12.8 Å². The van der Waals surface area contributed by atoms with Crippen molar-refractivity contribution in [2.45, 2.75) is 19.3 Å². The van der Waals surface area contributed by atoms with E-state index in [-0.39, 0.29) is 0 Å². The van der Waals surface area contributed by atoms with Crippen molar-refractivity contribution in [3.05, 3.63) is 30.5 Å². The smallest absolute Gasteiger partial charge is 0.0743 e. The van der Waals surface area contributed by atoms with Crippen LogP contribution < -0.4 is 11.1 Å². The molecule has 2 aromatic rings. The van der Waals surface area contributed by atoms with Gasteiger partial charge in [-0.25, -0.2) is 0 Å². The van der Waals surface area contributed by atoms with E-state index in [4.69, 9.17) is 10.5 Å². The normalized spacial score (nSPS) is 14.6. The van der Waals surface area contributed by atoms with Gasteiger partial charge in [0, 0.05) is 25.1 Å². The molecular weight excluding hydrogens is 250 g/mol. The topological polar surface area (TPSA) is 60.2 Å². The van der Waals surface area contributed by atoms with E-state index in [0.29, 0.717) is 5.69 Å². The maximum absolute atomic E-state index is 6.02. The van der Waals surface area contributed by atoms with Crippen LogP contribution in [0, 0.1) is 5.92 Å². The lowest BCUT2D eigenvalue weighted by atomic mass is 10.1. The van der Waals surface area contributed by atoms with E-state index >= 15 is 0 Å². The van der Waals surface area contributed by atoms with E-state index in [2.05, 4.69) is 10.3 Å². The summed E-state index contributed by atoms with van der Waals surface area (Å²) in [6.45, 7) is 2.61. The Labute approximate surface area is 119 Å². The Morgan fingerprint density at radius 2 is 2.15 bits per heavy atom. The summed E-state index contributed by atoms with van der Waals surface area (Å²) in [5, 5.41) is 4.49. The monoisotopic (exact) mass is 271 g/mol. The number of nitrogens with zero attached hydrogens (tertiary/aromatic N) is 1. The number of anilines is 2. The van der Waals surface area contributed by atoms with Crippen molar-refractivity contribution in [2.75, 3.05) is 30.8 Å². The minimum Gasteiger partial charge on any atom is -0.396 e. The molecule has 1 aliphatic rings. The number of para-hydroxylation sites is 1. The first-order chi connectivity index (χ1) is 9.84. The van der Waals surface area contributed by atoms with Gasteiger partial charge in [0.1, 0.15) is 0 Å². The molecule has 0 radical (unpaired) electrons. The summed E-state index contributed by atoms with van der Waals surface area (Å²) in [7, 11) is 0. The summed E-state index contributed by atoms with van der Waals surface area (Å²) in [5.74, 6) is 0.836. The fraction of sp³-hybridized carbons (Fsp3) is 0.438. The molecule has 1 fully saturated rings. The predicted octanol–water partition coefficient (Wildman–Crippen LogP) is 3.05. The summed E-state index contributed by atoms with van der Waals surface area (Å²) in [6.07, 6.45) is 5.40. The molecule has 1 heterocycles. The molecule has 4 nitrogen and oxygen atoms in total. The van der Waals surface area contributed by atoms with Crippen molar-refractivity contribution < 1.29 is 4.74 Å². The van der Waals surface area contributed by atoms with Crippen molar-refractivity contribution in [3.63, 3.8) is 0 Å². The molecule has 0 aliphatic heterocycles. The maximum Gasteiger partial charge on any atom is 0.0743 e. The molecule has 3 N–H and O–H groups in total. The summed E-state index contributed by atoms with van der Waals surface area (Å²) >= 11 is 0. The first kappa shape index (κ1) is 13.2. The van der Waals surface area contributed by atoms with Crippen LogP contribution in [-0.4, -0.2) is 24.7 Å². The number of hydrogen-bond acceptors (Lipinski definition) is 4. The van der Waals surface area contributed by atoms with E-state index in [9.17, 15) is 0 Å². The van der Waals surface area contributed by atoms with Gasteiger partial charge in [0.25, 0.3) is 0 Å². The molecule has 0 bridgehead atoms. The molecule has 3 rings (SSSR count). The second kappa shape index (κ2) is 6.09. The largest absolute Gasteiger partial charge is 0.396 e. The van der Waals surface area contributed by atoms with Crippen molar-refractivity contribution in [3.8, 4) is 0 Å². The van der Waals surface area contributed by atoms with Crippen molar-refractivity contribution in [1.82, 2.24) is 4.98 Å². The number of nitrogens with one attached hydrogen (secondary N) is 1. The van der Waals surface area contributed by atoms with Crippen molar-refractivity contribution in [2.24, 2.45) is 5.92 Å². The number of fused-ring (bicyclic) bond motifs is 1. The zero-order chi connectivity index (χ0) is 13.8. The molecule has 0 amide bonds. The number of ether oxygens (including phenoxy) is 1. The molecular formula is C16H21N3O. The number of nitrogen functional groups attached to an aromatic ring is 1. The first-order valence-corrected chi connectivity index (χ1v) is 7.29. The molecule has 20 heavy (non-hydrogen) atoms. The van der Waals surface area contributed by atoms with Crippen LogP contribution >= 0.6 is 0 Å². The van der Waals surface area contributed by atoms with Gasteiger partial charge >= 0.3 is 0 Å². The van der Waals surface area contributed by atoms with Crippen molar-refractivity contribution >= 4 is 22.3 Å². The molecule has 0 atom stereocenters. The summed E-state index contributed by atoms with van der Waals surface area (Å²) < 4.78 is 5.63. The van der Waals surface area contributed by atoms with Crippen LogP contribution in [0.4, 0.5) is 11.4 Å². The Hall–Kier alpha value is -1.81. The van der Waals surface area contributed by atoms with Gasteiger partial charge in [0.05, 0.1) is 23.1 Å². The highest BCUT2D eigenvalue weighted by Crippen LogP contribution is 2.29. The Morgan fingerprint density at radius 3 is 3.00 bits per heavy atom. The van der Waals surface area contributed by atoms with Crippen LogP contribution in [0.3, 0.4) is 0 Å². The fourth-order valence-electron chi connectivity index (χ4n) is 2.28. The summed E-state index contributed by atoms with van der Waals surface area (Å²) in [4.78, 5) is 4.34. The zero-order valence-corrected chi connectivity index (χ0v) is 11.6. The Balaban J connectivity index is 1.54. The zero-order valence-electron chi connectivity index (χ0n) is 11.6. The highest BCUT2D eigenvalue weighted by atomic mass is 16.5. The van der Waals surface area contributed by atoms with Gasteiger partial charge in [-0.05, 0) is 31.2 Å². The Morgan fingerprint density at radius 1 is 1.30 bits per heavy atom. The quantitative estimate of drug-likeness (QED) is 0.760. The molecule has 1 aromatic carbocycles. The van der Waals surface area contributed by atoms with Gasteiger partial charge in [-0.3, -0.25) is 4.98 Å². The van der Waals surface area contributed by atoms with Gasteiger partial charge in [-0.15, -0.1) is 0 Å². The van der Waals surface area contributed by atoms with Crippen LogP contribution in [0.5, 0.6) is 0 Å². The second-order valence-corrected chi connectivity index (χ2v) is 5.40. The molecule has 1 aliphatic carbocycles. The van der Waals surface area contributed by atoms with E-state index in [1.54, 1.807) is 6.20 Å². The number of nitrogens with two attached hydrogens (primary N) is 1. The average Bonchev–Trinajstić information content (AvgIpc) is 3.29. The molecule has 4 heteroatoms. The predicted molar refractivity (Wildman–Crippen MR) is 82.8 cm³/mol. The highest BCUT2D eigenvalue weighted by molar-refractivity contribution is 5.96. The number of benzene rings is 1. The lowest BCUT2D eigenvalue weighted by molar-refractivity contribution is 0.124. The minimum atomic E-state index is 0.697. The SMILES string of the molecule is Nc1cnc2ccccc2c1NCCCOCC1CC1. The second-order valence-electron chi connectivity index (χ2n) is 5.40. The third-order valence-corrected chi connectivity index (χ3v) is 3.62. The average molecular weight is 271 g/mol. The standard InChI is InChI=1S/C16H21N3O/c17-14-10-19-15-5-2-1-4-13(15)16(14)18-8-3-9-20-11-12-6-7-12/h1-2,4-5,10,12H,3,6-9,11,17H2,(H,18,19). The number of aromatic nitrogens is 1. The van der Waals surface area contributed by atoms with Crippen LogP contribution in [0.15, 0.2) is 30.5 Å². The maximum atomic E-state index is 6.02. The number of rotatable bonds is 7. The third kappa shape index (κ3) is 3.20. The number of hydrogen-bond donors (Lipinski definition) is 2. The van der Waals surface area contributed by atoms with Gasteiger partial charge in [0.2, 0.25) is 0 Å². The van der Waals surface area contributed by atoms with Crippen LogP contribution in [0.2, 0.25) is 0 Å². The van der Waals surface area contributed by atoms with E-state index < -0.39 is 0 Å². The highest BCUT2D eigenvalue weighted by Gasteiger charge is 2.20. The third-order valence-electron chi connectivity index (χ3n) is 3.62. The van der Waals surface area contributed by atoms with Crippen LogP contribution in [-0.2, 0) is 4.74 Å². The van der Waals surface area contributed by atoms with Crippen LogP contribution in [0.25, 0.3) is 10.9 Å². The van der Waals surface area contributed by atoms with Crippen LogP contribution in [0.1, 0.15) is 19.3 Å². The molecule has 0 unspecified atom stereocenters. The summed E-state index contributed by atoms with van der Waals surface area (Å²) in [5.41, 5.74) is 8.67. The van der Waals surface area contributed by atoms with E-state index in [0.717, 1.165) is 48.7 Å². The van der Waals surface area contributed by atoms with E-state index in [1.807, 2.05) is 24.3 Å². The lowest BCUT2D eigenvalue weighted by Gasteiger charge is -2.12.